The Kier molecular flexibility index (Phi) is 4.90. The van der Waals surface area contributed by atoms with E-state index in [1.807, 2.05) is 0 Å². The number of hydrogen-bond donors (Lipinski definition) is 1. The first-order valence-corrected chi connectivity index (χ1v) is 6.99. The van der Waals surface area contributed by atoms with E-state index in [1.165, 1.54) is 6.07 Å². The molecule has 132 valence electrons. The summed E-state index contributed by atoms with van der Waals surface area (Å²) in [5.74, 6) is -2.92. The van der Waals surface area contributed by atoms with Crippen LogP contribution in [0.5, 0.6) is 5.75 Å². The lowest BCUT2D eigenvalue weighted by molar-refractivity contribution is -0.274. The van der Waals surface area contributed by atoms with Crippen LogP contribution in [0, 0.1) is 0 Å². The van der Waals surface area contributed by atoms with Crippen LogP contribution in [0.15, 0.2) is 23.2 Å². The lowest BCUT2D eigenvalue weighted by Gasteiger charge is -2.08. The number of carbonyl (C=O) groups is 1. The quantitative estimate of drug-likeness (QED) is 0.840. The number of aliphatic hydroxyl groups is 1. The van der Waals surface area contributed by atoms with Gasteiger partial charge in [-0.15, -0.1) is 13.2 Å². The van der Waals surface area contributed by atoms with Crippen LogP contribution in [-0.2, 0) is 11.3 Å². The van der Waals surface area contributed by atoms with Gasteiger partial charge in [-0.3, -0.25) is 4.79 Å². The Bertz CT molecular complexity index is 821. The molecule has 12 heteroatoms. The molecule has 1 N–H and O–H groups in total. The number of thiazole rings is 1. The standard InChI is InChI=1S/C12H8F6N2O3S/c13-11(14,15)9(22)19-10-20(3-4-21)7-2-1-6(5-8(7)24-10)23-12(16,17)18/h1-2,5,21H,3-4H2/b19-10+. The van der Waals surface area contributed by atoms with Crippen molar-refractivity contribution in [2.45, 2.75) is 19.1 Å². The van der Waals surface area contributed by atoms with Crippen molar-refractivity contribution in [2.24, 2.45) is 4.99 Å². The first kappa shape index (κ1) is 18.3. The average molecular weight is 374 g/mol. The number of aliphatic hydroxyl groups excluding tert-OH is 1. The van der Waals surface area contributed by atoms with Gasteiger partial charge in [-0.05, 0) is 18.2 Å². The van der Waals surface area contributed by atoms with Crippen LogP contribution in [-0.4, -0.2) is 34.7 Å². The van der Waals surface area contributed by atoms with Crippen LogP contribution < -0.4 is 9.54 Å². The number of alkyl halides is 6. The van der Waals surface area contributed by atoms with Crippen molar-refractivity contribution in [2.75, 3.05) is 6.61 Å². The predicted molar refractivity (Wildman–Crippen MR) is 70.2 cm³/mol. The number of aromatic nitrogens is 1. The molecular formula is C12H8F6N2O3S. The number of nitrogens with zero attached hydrogens (tertiary/aromatic N) is 2. The molecule has 0 saturated heterocycles. The highest BCUT2D eigenvalue weighted by molar-refractivity contribution is 7.16. The van der Waals surface area contributed by atoms with Crippen molar-refractivity contribution in [1.82, 2.24) is 4.57 Å². The summed E-state index contributed by atoms with van der Waals surface area (Å²) in [7, 11) is 0. The van der Waals surface area contributed by atoms with Gasteiger partial charge in [0, 0.05) is 6.54 Å². The highest BCUT2D eigenvalue weighted by Gasteiger charge is 2.38. The maximum Gasteiger partial charge on any atom is 0.573 e. The first-order valence-electron chi connectivity index (χ1n) is 6.17. The monoisotopic (exact) mass is 374 g/mol. The summed E-state index contributed by atoms with van der Waals surface area (Å²) in [4.78, 5) is 13.5. The molecule has 0 unspecified atom stereocenters. The van der Waals surface area contributed by atoms with Crippen molar-refractivity contribution < 1.29 is 41.0 Å². The molecule has 1 aromatic carbocycles. The maximum atomic E-state index is 12.3. The molecule has 1 heterocycles. The van der Waals surface area contributed by atoms with Gasteiger partial charge < -0.3 is 14.4 Å². The fourth-order valence-electron chi connectivity index (χ4n) is 1.80. The number of fused-ring (bicyclic) bond motifs is 1. The van der Waals surface area contributed by atoms with Crippen LogP contribution in [0.1, 0.15) is 0 Å². The molecule has 0 atom stereocenters. The number of ether oxygens (including phenoxy) is 1. The minimum absolute atomic E-state index is 0.110. The highest BCUT2D eigenvalue weighted by atomic mass is 32.1. The average Bonchev–Trinajstić information content (AvgIpc) is 2.73. The zero-order chi connectivity index (χ0) is 18.1. The summed E-state index contributed by atoms with van der Waals surface area (Å²) in [6.07, 6.45) is -10.1. The van der Waals surface area contributed by atoms with Crippen molar-refractivity contribution in [1.29, 1.82) is 0 Å². The molecule has 1 amide bonds. The number of amides is 1. The van der Waals surface area contributed by atoms with Gasteiger partial charge in [0.15, 0.2) is 4.80 Å². The summed E-state index contributed by atoms with van der Waals surface area (Å²) >= 11 is 0.565. The number of rotatable bonds is 3. The SMILES string of the molecule is O=C(/N=c1/sc2cc(OC(F)(F)F)ccc2n1CCO)C(F)(F)F. The minimum atomic E-state index is -5.18. The third kappa shape index (κ3) is 4.26. The third-order valence-electron chi connectivity index (χ3n) is 2.65. The fourth-order valence-corrected chi connectivity index (χ4v) is 2.89. The van der Waals surface area contributed by atoms with Crippen LogP contribution in [0.2, 0.25) is 0 Å². The number of benzene rings is 1. The zero-order valence-corrected chi connectivity index (χ0v) is 12.3. The van der Waals surface area contributed by atoms with E-state index in [2.05, 4.69) is 9.73 Å². The van der Waals surface area contributed by atoms with Crippen molar-refractivity contribution in [3.63, 3.8) is 0 Å². The third-order valence-corrected chi connectivity index (χ3v) is 3.69. The van der Waals surface area contributed by atoms with Gasteiger partial charge in [-0.25, -0.2) is 0 Å². The number of hydrogen-bond acceptors (Lipinski definition) is 4. The Labute approximate surface area is 133 Å². The van der Waals surface area contributed by atoms with E-state index in [9.17, 15) is 31.1 Å². The smallest absolute Gasteiger partial charge is 0.406 e. The number of carbonyl (C=O) groups excluding carboxylic acids is 1. The van der Waals surface area contributed by atoms with Gasteiger partial charge >= 0.3 is 18.4 Å². The van der Waals surface area contributed by atoms with Gasteiger partial charge in [0.25, 0.3) is 0 Å². The Morgan fingerprint density at radius 3 is 2.46 bits per heavy atom. The first-order chi connectivity index (χ1) is 11.0. The van der Waals surface area contributed by atoms with Crippen molar-refractivity contribution in [3.05, 3.63) is 23.0 Å². The summed E-state index contributed by atoms with van der Waals surface area (Å²) in [5, 5.41) is 8.98. The Hall–Kier alpha value is -2.08. The second kappa shape index (κ2) is 6.43. The van der Waals surface area contributed by atoms with Gasteiger partial charge in [-0.2, -0.15) is 18.2 Å². The Morgan fingerprint density at radius 1 is 1.25 bits per heavy atom. The molecule has 0 aliphatic rings. The normalized spacial score (nSPS) is 13.5. The minimum Gasteiger partial charge on any atom is -0.406 e. The Morgan fingerprint density at radius 2 is 1.92 bits per heavy atom. The molecular weight excluding hydrogens is 366 g/mol. The lowest BCUT2D eigenvalue weighted by atomic mass is 10.3. The van der Waals surface area contributed by atoms with Crippen molar-refractivity contribution in [3.8, 4) is 5.75 Å². The van der Waals surface area contributed by atoms with E-state index in [0.717, 1.165) is 16.7 Å². The summed E-state index contributed by atoms with van der Waals surface area (Å²) in [6, 6.07) is 3.09. The van der Waals surface area contributed by atoms with Gasteiger partial charge in [0.05, 0.1) is 16.8 Å². The van der Waals surface area contributed by atoms with Crippen LogP contribution in [0.25, 0.3) is 10.2 Å². The molecule has 5 nitrogen and oxygen atoms in total. The van der Waals surface area contributed by atoms with E-state index in [0.29, 0.717) is 11.3 Å². The van der Waals surface area contributed by atoms with Crippen LogP contribution in [0.4, 0.5) is 26.3 Å². The van der Waals surface area contributed by atoms with Crippen molar-refractivity contribution >= 4 is 27.5 Å². The zero-order valence-electron chi connectivity index (χ0n) is 11.5. The van der Waals surface area contributed by atoms with E-state index >= 15 is 0 Å². The van der Waals surface area contributed by atoms with E-state index < -0.39 is 35.6 Å². The van der Waals surface area contributed by atoms with Gasteiger partial charge in [-0.1, -0.05) is 11.3 Å². The van der Waals surface area contributed by atoms with E-state index in [-0.39, 0.29) is 16.8 Å². The largest absolute Gasteiger partial charge is 0.573 e. The molecule has 0 spiro atoms. The van der Waals surface area contributed by atoms with Gasteiger partial charge in [0.2, 0.25) is 0 Å². The second-order valence-electron chi connectivity index (χ2n) is 4.35. The molecule has 2 aromatic rings. The molecule has 0 aliphatic carbocycles. The molecule has 24 heavy (non-hydrogen) atoms. The molecule has 2 rings (SSSR count). The topological polar surface area (TPSA) is 63.8 Å². The second-order valence-corrected chi connectivity index (χ2v) is 5.36. The summed E-state index contributed by atoms with van der Waals surface area (Å²) in [5.41, 5.74) is 0.206. The summed E-state index contributed by atoms with van der Waals surface area (Å²) in [6.45, 7) is -0.663. The van der Waals surface area contributed by atoms with Crippen LogP contribution in [0.3, 0.4) is 0 Å². The summed E-state index contributed by atoms with van der Waals surface area (Å²) < 4.78 is 78.5. The molecule has 0 saturated carbocycles. The number of halogens is 6. The van der Waals surface area contributed by atoms with Crippen LogP contribution >= 0.6 is 11.3 Å². The molecule has 0 bridgehead atoms. The molecule has 1 aromatic heterocycles. The highest BCUT2D eigenvalue weighted by Crippen LogP contribution is 2.28. The Balaban J connectivity index is 2.57. The van der Waals surface area contributed by atoms with E-state index in [1.54, 1.807) is 0 Å². The fraction of sp³-hybridized carbons (Fsp3) is 0.333. The maximum absolute atomic E-state index is 12.3. The van der Waals surface area contributed by atoms with E-state index in [4.69, 9.17) is 5.11 Å². The lowest BCUT2D eigenvalue weighted by Crippen LogP contribution is -2.26. The molecule has 0 radical (unpaired) electrons. The molecule has 0 aliphatic heterocycles. The predicted octanol–water partition coefficient (Wildman–Crippen LogP) is 2.58. The molecule has 0 fully saturated rings. The van der Waals surface area contributed by atoms with Gasteiger partial charge in [0.1, 0.15) is 5.75 Å².